The zero-order chi connectivity index (χ0) is 16.4. The van der Waals surface area contributed by atoms with Gasteiger partial charge in [0.15, 0.2) is 0 Å². The van der Waals surface area contributed by atoms with E-state index in [4.69, 9.17) is 11.6 Å². The van der Waals surface area contributed by atoms with E-state index in [0.717, 1.165) is 0 Å². The zero-order valence-corrected chi connectivity index (χ0v) is 13.2. The Hall–Kier alpha value is -2.68. The van der Waals surface area contributed by atoms with Crippen LogP contribution in [0.25, 0.3) is 10.1 Å². The van der Waals surface area contributed by atoms with Crippen LogP contribution in [-0.4, -0.2) is 5.91 Å². The van der Waals surface area contributed by atoms with E-state index < -0.39 is 5.91 Å². The van der Waals surface area contributed by atoms with Crippen molar-refractivity contribution in [3.05, 3.63) is 74.9 Å². The highest BCUT2D eigenvalue weighted by atomic mass is 35.5. The molecular weight excluding hydrogens is 332 g/mol. The second kappa shape index (κ2) is 6.21. The molecule has 1 amide bonds. The first kappa shape index (κ1) is 15.2. The third kappa shape index (κ3) is 2.95. The number of hydrogen-bond donors (Lipinski definition) is 1. The van der Waals surface area contributed by atoms with E-state index in [9.17, 15) is 14.9 Å². The molecule has 1 heterocycles. The van der Waals surface area contributed by atoms with Gasteiger partial charge < -0.3 is 5.32 Å². The van der Waals surface area contributed by atoms with Crippen molar-refractivity contribution in [3.8, 4) is 6.07 Å². The van der Waals surface area contributed by atoms with Crippen molar-refractivity contribution in [3.63, 3.8) is 0 Å². The summed E-state index contributed by atoms with van der Waals surface area (Å²) in [5.41, 5.74) is -0.0460. The number of halogens is 1. The summed E-state index contributed by atoms with van der Waals surface area (Å²) in [4.78, 5) is 24.6. The maximum Gasteiger partial charge on any atom is 0.256 e. The van der Waals surface area contributed by atoms with E-state index in [1.807, 2.05) is 6.07 Å². The van der Waals surface area contributed by atoms with Crippen molar-refractivity contribution in [1.29, 1.82) is 5.26 Å². The molecule has 0 unspecified atom stereocenters. The number of anilines is 1. The topological polar surface area (TPSA) is 70.0 Å². The highest BCUT2D eigenvalue weighted by Crippen LogP contribution is 2.26. The molecular formula is C17H9ClN2O2S. The molecule has 23 heavy (non-hydrogen) atoms. The van der Waals surface area contributed by atoms with Crippen LogP contribution in [0.5, 0.6) is 0 Å². The van der Waals surface area contributed by atoms with Crippen molar-refractivity contribution in [2.24, 2.45) is 0 Å². The molecule has 6 heteroatoms. The maximum atomic E-state index is 12.4. The minimum atomic E-state index is -0.399. The molecule has 1 aromatic heterocycles. The second-order valence-corrected chi connectivity index (χ2v) is 6.19. The fourth-order valence-electron chi connectivity index (χ4n) is 2.11. The van der Waals surface area contributed by atoms with Gasteiger partial charge in [-0.2, -0.15) is 5.26 Å². The van der Waals surface area contributed by atoms with E-state index in [-0.39, 0.29) is 16.0 Å². The number of amides is 1. The SMILES string of the molecule is N#Cc1c(NC(=O)c2ccc(Cl)cc2)sc2ccccc2c1=O. The van der Waals surface area contributed by atoms with E-state index in [1.54, 1.807) is 48.5 Å². The van der Waals surface area contributed by atoms with E-state index >= 15 is 0 Å². The summed E-state index contributed by atoms with van der Waals surface area (Å²) in [5.74, 6) is -0.399. The van der Waals surface area contributed by atoms with Gasteiger partial charge in [0.25, 0.3) is 5.91 Å². The number of nitrogens with one attached hydrogen (secondary N) is 1. The first-order valence-corrected chi connectivity index (χ1v) is 7.82. The van der Waals surface area contributed by atoms with Crippen LogP contribution in [0.1, 0.15) is 15.9 Å². The largest absolute Gasteiger partial charge is 0.312 e. The molecule has 0 aliphatic carbocycles. The summed E-state index contributed by atoms with van der Waals surface area (Å²) in [6.45, 7) is 0. The average Bonchev–Trinajstić information content (AvgIpc) is 2.56. The van der Waals surface area contributed by atoms with Crippen LogP contribution in [0.15, 0.2) is 53.3 Å². The van der Waals surface area contributed by atoms with E-state index in [1.165, 1.54) is 11.3 Å². The number of carbonyl (C=O) groups excluding carboxylic acids is 1. The van der Waals surface area contributed by atoms with Gasteiger partial charge in [-0.25, -0.2) is 0 Å². The standard InChI is InChI=1S/C17H9ClN2O2S/c18-11-7-5-10(6-8-11)16(22)20-17-13(9-19)15(21)12-3-1-2-4-14(12)23-17/h1-8H,(H,20,22). The Kier molecular flexibility index (Phi) is 4.11. The Labute approximate surface area is 140 Å². The van der Waals surface area contributed by atoms with Gasteiger partial charge in [-0.3, -0.25) is 9.59 Å². The second-order valence-electron chi connectivity index (χ2n) is 4.70. The minimum Gasteiger partial charge on any atom is -0.312 e. The van der Waals surface area contributed by atoms with Crippen molar-refractivity contribution in [2.45, 2.75) is 0 Å². The van der Waals surface area contributed by atoms with Crippen molar-refractivity contribution in [1.82, 2.24) is 0 Å². The number of nitriles is 1. The summed E-state index contributed by atoms with van der Waals surface area (Å²) < 4.78 is 0.711. The van der Waals surface area contributed by atoms with Gasteiger partial charge in [-0.1, -0.05) is 23.7 Å². The van der Waals surface area contributed by atoms with Crippen molar-refractivity contribution >= 4 is 43.9 Å². The van der Waals surface area contributed by atoms with Gasteiger partial charge in [-0.05, 0) is 36.4 Å². The summed E-state index contributed by atoms with van der Waals surface area (Å²) in [5, 5.41) is 13.2. The number of carbonyl (C=O) groups is 1. The fraction of sp³-hybridized carbons (Fsp3) is 0. The molecule has 2 aromatic carbocycles. The molecule has 0 radical (unpaired) electrons. The molecule has 0 saturated heterocycles. The van der Waals surface area contributed by atoms with Crippen LogP contribution in [-0.2, 0) is 0 Å². The third-order valence-corrected chi connectivity index (χ3v) is 4.58. The first-order valence-electron chi connectivity index (χ1n) is 6.63. The highest BCUT2D eigenvalue weighted by Gasteiger charge is 2.15. The molecule has 3 aromatic rings. The molecule has 0 aliphatic rings. The van der Waals surface area contributed by atoms with E-state index in [2.05, 4.69) is 5.32 Å². The maximum absolute atomic E-state index is 12.4. The minimum absolute atomic E-state index is 0.0592. The Morgan fingerprint density at radius 1 is 1.13 bits per heavy atom. The zero-order valence-electron chi connectivity index (χ0n) is 11.7. The Balaban J connectivity index is 2.06. The Morgan fingerprint density at radius 2 is 1.83 bits per heavy atom. The number of fused-ring (bicyclic) bond motifs is 1. The number of rotatable bonds is 2. The van der Waals surface area contributed by atoms with Gasteiger partial charge in [-0.15, -0.1) is 11.3 Å². The lowest BCUT2D eigenvalue weighted by molar-refractivity contribution is 0.102. The van der Waals surface area contributed by atoms with Crippen LogP contribution >= 0.6 is 22.9 Å². The van der Waals surface area contributed by atoms with Crippen molar-refractivity contribution < 1.29 is 4.79 Å². The Morgan fingerprint density at radius 3 is 2.52 bits per heavy atom. The van der Waals surface area contributed by atoms with Gasteiger partial charge >= 0.3 is 0 Å². The molecule has 0 fully saturated rings. The number of hydrogen-bond acceptors (Lipinski definition) is 4. The number of nitrogens with zero attached hydrogens (tertiary/aromatic N) is 1. The van der Waals surface area contributed by atoms with Gasteiger partial charge in [0.2, 0.25) is 5.43 Å². The lowest BCUT2D eigenvalue weighted by Crippen LogP contribution is -2.16. The van der Waals surface area contributed by atoms with E-state index in [0.29, 0.717) is 20.7 Å². The molecule has 0 bridgehead atoms. The van der Waals surface area contributed by atoms with Crippen LogP contribution in [0, 0.1) is 11.3 Å². The summed E-state index contributed by atoms with van der Waals surface area (Å²) in [7, 11) is 0. The predicted octanol–water partition coefficient (Wildman–Crippen LogP) is 4.04. The van der Waals surface area contributed by atoms with Gasteiger partial charge in [0.05, 0.1) is 0 Å². The summed E-state index contributed by atoms with van der Waals surface area (Å²) in [6, 6.07) is 15.2. The van der Waals surface area contributed by atoms with Gasteiger partial charge in [0, 0.05) is 20.7 Å². The molecule has 0 atom stereocenters. The molecule has 0 spiro atoms. The Bertz CT molecular complexity index is 1000. The molecule has 3 rings (SSSR count). The monoisotopic (exact) mass is 340 g/mol. The fourth-order valence-corrected chi connectivity index (χ4v) is 3.26. The van der Waals surface area contributed by atoms with Crippen LogP contribution in [0.3, 0.4) is 0 Å². The predicted molar refractivity (Wildman–Crippen MR) is 92.2 cm³/mol. The molecule has 0 saturated carbocycles. The average molecular weight is 341 g/mol. The normalized spacial score (nSPS) is 10.3. The smallest absolute Gasteiger partial charge is 0.256 e. The summed E-state index contributed by atoms with van der Waals surface area (Å²) >= 11 is 6.99. The molecule has 1 N–H and O–H groups in total. The lowest BCUT2D eigenvalue weighted by Gasteiger charge is -2.07. The first-order chi connectivity index (χ1) is 11.1. The van der Waals surface area contributed by atoms with Crippen molar-refractivity contribution in [2.75, 3.05) is 5.32 Å². The molecule has 112 valence electrons. The highest BCUT2D eigenvalue weighted by molar-refractivity contribution is 7.22. The molecule has 0 aliphatic heterocycles. The molecule has 4 nitrogen and oxygen atoms in total. The third-order valence-electron chi connectivity index (χ3n) is 3.24. The lowest BCUT2D eigenvalue weighted by atomic mass is 10.2. The van der Waals surface area contributed by atoms with Crippen LogP contribution < -0.4 is 10.7 Å². The summed E-state index contributed by atoms with van der Waals surface area (Å²) in [6.07, 6.45) is 0. The van der Waals surface area contributed by atoms with Crippen LogP contribution in [0.4, 0.5) is 5.00 Å². The van der Waals surface area contributed by atoms with Gasteiger partial charge in [0.1, 0.15) is 16.6 Å². The van der Waals surface area contributed by atoms with Crippen LogP contribution in [0.2, 0.25) is 5.02 Å². The number of benzene rings is 2. The quantitative estimate of drug-likeness (QED) is 0.765.